The lowest BCUT2D eigenvalue weighted by molar-refractivity contribution is 0.152. The molecule has 0 radical (unpaired) electrons. The summed E-state index contributed by atoms with van der Waals surface area (Å²) < 4.78 is 13.9. The molecule has 0 saturated carbocycles. The maximum atomic E-state index is 7.06. The Kier molecular flexibility index (Phi) is 7.35. The zero-order valence-electron chi connectivity index (χ0n) is 29.9. The topological polar surface area (TPSA) is 21.7 Å². The molecular formula is C50H43NO2. The number of para-hydroxylation sites is 1. The molecule has 0 amide bonds. The summed E-state index contributed by atoms with van der Waals surface area (Å²) in [6.45, 7) is 0. The van der Waals surface area contributed by atoms with Crippen molar-refractivity contribution >= 4 is 11.3 Å². The summed E-state index contributed by atoms with van der Waals surface area (Å²) in [4.78, 5) is 2.71. The van der Waals surface area contributed by atoms with Gasteiger partial charge in [0.15, 0.2) is 0 Å². The second kappa shape index (κ2) is 12.6. The Bertz CT molecular complexity index is 2350. The number of hydrogen-bond acceptors (Lipinski definition) is 3. The first-order chi connectivity index (χ1) is 26.3. The molecule has 11 rings (SSSR count). The summed E-state index contributed by atoms with van der Waals surface area (Å²) >= 11 is 0. The molecule has 260 valence electrons. The molecule has 4 aliphatic carbocycles. The summed E-state index contributed by atoms with van der Waals surface area (Å²) in [5.41, 5.74) is 13.6. The van der Waals surface area contributed by atoms with Crippen LogP contribution in [0.25, 0.3) is 16.7 Å². The Labute approximate surface area is 312 Å². The molecule has 0 fully saturated rings. The fraction of sp³-hybridized carbons (Fsp3) is 0.240. The molecule has 4 aromatic rings. The largest absolute Gasteiger partial charge is 0.485 e. The van der Waals surface area contributed by atoms with Gasteiger partial charge in [0.2, 0.25) is 0 Å². The van der Waals surface area contributed by atoms with Crippen LogP contribution in [0.5, 0.6) is 11.5 Å². The minimum absolute atomic E-state index is 0.0921. The van der Waals surface area contributed by atoms with Gasteiger partial charge < -0.3 is 14.4 Å². The molecule has 7 aliphatic rings. The number of allylic oxidation sites excluding steroid dienone is 10. The van der Waals surface area contributed by atoms with Crippen molar-refractivity contribution in [2.24, 2.45) is 5.92 Å². The Morgan fingerprint density at radius 2 is 1.49 bits per heavy atom. The van der Waals surface area contributed by atoms with E-state index < -0.39 is 0 Å². The van der Waals surface area contributed by atoms with Crippen molar-refractivity contribution in [3.63, 3.8) is 0 Å². The standard InChI is InChI=1S/C50H43NO2/c1-3-16-32(17-4-1)34-23-14-30-44-47(34)49(38-21-8-11-28-42(38)52-44)50-39-22-9-12-29-43(39)53-45-31-15-25-36(48(45)50)35-24-13-27-41-46(35)37-20-7-10-26-40(37)51(41)33-18-5-2-6-19-33/h1-5,7,9,11-18,20,22-25,27-31,37,40,45,48-50H,6,8,10,19,21,26H2. The van der Waals surface area contributed by atoms with Crippen molar-refractivity contribution in [2.45, 2.75) is 68.4 Å². The van der Waals surface area contributed by atoms with Gasteiger partial charge in [-0.05, 0) is 114 Å². The molecule has 3 nitrogen and oxygen atoms in total. The number of ether oxygens (including phenoxy) is 2. The van der Waals surface area contributed by atoms with Gasteiger partial charge in [-0.1, -0.05) is 115 Å². The lowest BCUT2D eigenvalue weighted by Gasteiger charge is -2.47. The molecule has 4 aromatic carbocycles. The van der Waals surface area contributed by atoms with Gasteiger partial charge in [0.25, 0.3) is 0 Å². The Hall–Kier alpha value is -5.54. The predicted octanol–water partition coefficient (Wildman–Crippen LogP) is 12.1. The van der Waals surface area contributed by atoms with Crippen LogP contribution in [0, 0.1) is 5.92 Å². The molecule has 6 atom stereocenters. The average molecular weight is 690 g/mol. The molecule has 6 unspecified atom stereocenters. The molecule has 0 saturated heterocycles. The third-order valence-corrected chi connectivity index (χ3v) is 12.8. The molecule has 3 heterocycles. The van der Waals surface area contributed by atoms with Gasteiger partial charge in [0.05, 0.1) is 0 Å². The summed E-state index contributed by atoms with van der Waals surface area (Å²) in [6.07, 6.45) is 29.8. The minimum atomic E-state index is -0.0921. The monoisotopic (exact) mass is 689 g/mol. The molecule has 3 heteroatoms. The molecule has 0 aromatic heterocycles. The van der Waals surface area contributed by atoms with Crippen molar-refractivity contribution in [1.82, 2.24) is 0 Å². The van der Waals surface area contributed by atoms with E-state index in [1.807, 2.05) is 0 Å². The molecule has 0 N–H and O–H groups in total. The summed E-state index contributed by atoms with van der Waals surface area (Å²) in [5, 5.41) is 0. The Morgan fingerprint density at radius 1 is 0.642 bits per heavy atom. The van der Waals surface area contributed by atoms with E-state index in [0.717, 1.165) is 49.4 Å². The second-order valence-corrected chi connectivity index (χ2v) is 15.5. The van der Waals surface area contributed by atoms with Crippen LogP contribution in [0.2, 0.25) is 0 Å². The van der Waals surface area contributed by atoms with E-state index >= 15 is 0 Å². The molecule has 0 spiro atoms. The number of hydrogen-bond donors (Lipinski definition) is 0. The van der Waals surface area contributed by atoms with Crippen molar-refractivity contribution in [3.05, 3.63) is 191 Å². The molecule has 3 aliphatic heterocycles. The smallest absolute Gasteiger partial charge is 0.131 e. The fourth-order valence-corrected chi connectivity index (χ4v) is 10.7. The second-order valence-electron chi connectivity index (χ2n) is 15.5. The number of nitrogens with zero attached hydrogens (tertiary/aromatic N) is 1. The van der Waals surface area contributed by atoms with E-state index in [-0.39, 0.29) is 23.9 Å². The van der Waals surface area contributed by atoms with Crippen molar-refractivity contribution in [1.29, 1.82) is 0 Å². The SMILES string of the molecule is C1=CCCC(N2c3cccc(C4=CC=CC5Oc6ccccc6C(C6C7=C(C=CCC7)Oc7cccc(-c8ccccc8)c76)C45)c3C3C=CCCC32)=C1. The highest BCUT2D eigenvalue weighted by atomic mass is 16.5. The van der Waals surface area contributed by atoms with Gasteiger partial charge in [0, 0.05) is 46.7 Å². The minimum Gasteiger partial charge on any atom is -0.485 e. The third-order valence-electron chi connectivity index (χ3n) is 12.8. The Morgan fingerprint density at radius 3 is 2.42 bits per heavy atom. The van der Waals surface area contributed by atoms with Crippen molar-refractivity contribution < 1.29 is 9.47 Å². The summed E-state index contributed by atoms with van der Waals surface area (Å²) in [6, 6.07) is 34.0. The predicted molar refractivity (Wildman–Crippen MR) is 215 cm³/mol. The van der Waals surface area contributed by atoms with Gasteiger partial charge in [-0.2, -0.15) is 0 Å². The van der Waals surface area contributed by atoms with Gasteiger partial charge >= 0.3 is 0 Å². The highest BCUT2D eigenvalue weighted by Crippen LogP contribution is 2.61. The average Bonchev–Trinajstić information content (AvgIpc) is 3.57. The lowest BCUT2D eigenvalue weighted by Crippen LogP contribution is -2.40. The van der Waals surface area contributed by atoms with Crippen LogP contribution in [0.1, 0.15) is 78.5 Å². The maximum Gasteiger partial charge on any atom is 0.131 e. The maximum absolute atomic E-state index is 7.06. The van der Waals surface area contributed by atoms with Crippen molar-refractivity contribution in [2.75, 3.05) is 4.90 Å². The van der Waals surface area contributed by atoms with E-state index in [4.69, 9.17) is 9.47 Å². The van der Waals surface area contributed by atoms with Crippen LogP contribution in [-0.2, 0) is 0 Å². The fourth-order valence-electron chi connectivity index (χ4n) is 10.7. The number of fused-ring (bicyclic) bond motifs is 6. The van der Waals surface area contributed by atoms with Crippen molar-refractivity contribution in [3.8, 4) is 22.6 Å². The van der Waals surface area contributed by atoms with Gasteiger partial charge in [-0.15, -0.1) is 0 Å². The summed E-state index contributed by atoms with van der Waals surface area (Å²) in [7, 11) is 0. The molecule has 53 heavy (non-hydrogen) atoms. The normalized spacial score (nSPS) is 27.3. The van der Waals surface area contributed by atoms with E-state index in [0.29, 0.717) is 12.0 Å². The Balaban J connectivity index is 1.14. The van der Waals surface area contributed by atoms with Crippen LogP contribution in [-0.4, -0.2) is 12.1 Å². The zero-order chi connectivity index (χ0) is 34.9. The highest BCUT2D eigenvalue weighted by molar-refractivity contribution is 5.83. The van der Waals surface area contributed by atoms with Gasteiger partial charge in [0.1, 0.15) is 23.4 Å². The van der Waals surface area contributed by atoms with Crippen LogP contribution in [0.4, 0.5) is 5.69 Å². The summed E-state index contributed by atoms with van der Waals surface area (Å²) in [5.74, 6) is 3.68. The lowest BCUT2D eigenvalue weighted by atomic mass is 9.61. The van der Waals surface area contributed by atoms with E-state index in [2.05, 4.69) is 157 Å². The van der Waals surface area contributed by atoms with Crippen LogP contribution in [0.3, 0.4) is 0 Å². The number of anilines is 1. The highest BCUT2D eigenvalue weighted by Gasteiger charge is 2.50. The number of benzene rings is 4. The first-order valence-corrected chi connectivity index (χ1v) is 19.7. The molecular weight excluding hydrogens is 647 g/mol. The van der Waals surface area contributed by atoms with E-state index in [9.17, 15) is 0 Å². The molecule has 0 bridgehead atoms. The van der Waals surface area contributed by atoms with Crippen LogP contribution in [0.15, 0.2) is 169 Å². The van der Waals surface area contributed by atoms with Crippen LogP contribution < -0.4 is 14.4 Å². The zero-order valence-corrected chi connectivity index (χ0v) is 29.9. The first kappa shape index (κ1) is 31.0. The number of rotatable bonds is 4. The van der Waals surface area contributed by atoms with E-state index in [1.165, 1.54) is 62.3 Å². The first-order valence-electron chi connectivity index (χ1n) is 19.7. The van der Waals surface area contributed by atoms with Gasteiger partial charge in [-0.3, -0.25) is 0 Å². The van der Waals surface area contributed by atoms with E-state index in [1.54, 1.807) is 0 Å². The van der Waals surface area contributed by atoms with Gasteiger partial charge in [-0.25, -0.2) is 0 Å². The van der Waals surface area contributed by atoms with Crippen LogP contribution >= 0.6 is 0 Å². The third kappa shape index (κ3) is 4.86. The quantitative estimate of drug-likeness (QED) is 0.199.